The molecular formula is C25H18Cl4F9NO2. The maximum Gasteiger partial charge on any atom is 0.417 e. The maximum absolute atomic E-state index is 13.7. The van der Waals surface area contributed by atoms with Gasteiger partial charge in [-0.25, -0.2) is 0 Å². The molecule has 0 spiro atoms. The first-order valence-corrected chi connectivity index (χ1v) is 12.8. The van der Waals surface area contributed by atoms with E-state index in [-0.39, 0.29) is 36.8 Å². The Labute approximate surface area is 247 Å². The number of halogens is 13. The van der Waals surface area contributed by atoms with Gasteiger partial charge in [0.2, 0.25) is 11.9 Å². The van der Waals surface area contributed by atoms with E-state index < -0.39 is 60.9 Å². The molecule has 0 aliphatic rings. The number of rotatable bonds is 9. The van der Waals surface area contributed by atoms with Gasteiger partial charge in [0.15, 0.2) is 5.78 Å². The van der Waals surface area contributed by atoms with Gasteiger partial charge in [-0.3, -0.25) is 9.59 Å². The van der Waals surface area contributed by atoms with Crippen molar-refractivity contribution in [2.75, 3.05) is 0 Å². The molecule has 0 aliphatic carbocycles. The van der Waals surface area contributed by atoms with E-state index in [1.54, 1.807) is 0 Å². The van der Waals surface area contributed by atoms with Crippen LogP contribution < -0.4 is 5.32 Å². The van der Waals surface area contributed by atoms with Crippen molar-refractivity contribution >= 4 is 64.2 Å². The molecule has 1 N–H and O–H groups in total. The fourth-order valence-electron chi connectivity index (χ4n) is 3.48. The molecule has 3 nitrogen and oxygen atoms in total. The lowest BCUT2D eigenvalue weighted by Crippen LogP contribution is -2.55. The lowest BCUT2D eigenvalue weighted by molar-refractivity contribution is -0.258. The lowest BCUT2D eigenvalue weighted by Gasteiger charge is -2.25. The highest BCUT2D eigenvalue weighted by atomic mass is 35.5. The van der Waals surface area contributed by atoms with Crippen molar-refractivity contribution in [2.45, 2.75) is 50.3 Å². The van der Waals surface area contributed by atoms with E-state index in [2.05, 4.69) is 0 Å². The van der Waals surface area contributed by atoms with E-state index in [4.69, 9.17) is 46.4 Å². The zero-order valence-corrected chi connectivity index (χ0v) is 23.4. The normalized spacial score (nSPS) is 14.4. The van der Waals surface area contributed by atoms with E-state index >= 15 is 0 Å². The number of amides is 1. The molecule has 41 heavy (non-hydrogen) atoms. The number of Topliss-reactive ketones (excluding diaryl/α,β-unsaturated/α-hetero) is 1. The number of carbonyl (C=O) groups is 2. The standard InChI is InChI=1S/C25H18Cl4F9NO2/c1-11(21(41)39-22(24(33,34)35)25(36,37)38)2-7-19(40)14-5-3-12(8-16(14)26)4-6-15(23(30,31)32)13-9-17(27)20(29)18(28)10-13/h3-6,8-11,15,22H,2,7H2,1H3,(H,39,41)/b6-4+. The Morgan fingerprint density at radius 2 is 1.37 bits per heavy atom. The smallest absolute Gasteiger partial charge is 0.337 e. The summed E-state index contributed by atoms with van der Waals surface area (Å²) in [5.74, 6) is -5.81. The third kappa shape index (κ3) is 9.69. The third-order valence-electron chi connectivity index (χ3n) is 5.69. The van der Waals surface area contributed by atoms with Gasteiger partial charge in [0.25, 0.3) is 0 Å². The molecule has 2 aromatic rings. The zero-order valence-electron chi connectivity index (χ0n) is 20.4. The molecule has 0 aromatic heterocycles. The molecule has 16 heteroatoms. The van der Waals surface area contributed by atoms with Crippen molar-refractivity contribution < 1.29 is 49.1 Å². The molecule has 0 bridgehead atoms. The van der Waals surface area contributed by atoms with Crippen molar-refractivity contribution in [3.05, 3.63) is 73.2 Å². The highest BCUT2D eigenvalue weighted by Crippen LogP contribution is 2.41. The number of ketones is 1. The number of hydrogen-bond acceptors (Lipinski definition) is 2. The molecule has 2 rings (SSSR count). The van der Waals surface area contributed by atoms with Gasteiger partial charge in [-0.15, -0.1) is 0 Å². The molecule has 0 radical (unpaired) electrons. The van der Waals surface area contributed by atoms with Crippen LogP contribution >= 0.6 is 46.4 Å². The van der Waals surface area contributed by atoms with Crippen molar-refractivity contribution in [2.24, 2.45) is 5.92 Å². The highest BCUT2D eigenvalue weighted by molar-refractivity contribution is 6.48. The Kier molecular flexibility index (Phi) is 11.5. The van der Waals surface area contributed by atoms with Gasteiger partial charge >= 0.3 is 18.5 Å². The second-order valence-electron chi connectivity index (χ2n) is 8.80. The quantitative estimate of drug-likeness (QED) is 0.163. The van der Waals surface area contributed by atoms with Crippen LogP contribution in [0.3, 0.4) is 0 Å². The minimum atomic E-state index is -5.78. The van der Waals surface area contributed by atoms with Crippen LogP contribution in [0.1, 0.15) is 47.2 Å². The van der Waals surface area contributed by atoms with Gasteiger partial charge in [0, 0.05) is 17.9 Å². The van der Waals surface area contributed by atoms with Gasteiger partial charge in [0.1, 0.15) is 0 Å². The monoisotopic (exact) mass is 675 g/mol. The fraction of sp³-hybridized carbons (Fsp3) is 0.360. The van der Waals surface area contributed by atoms with E-state index in [9.17, 15) is 49.1 Å². The van der Waals surface area contributed by atoms with Gasteiger partial charge in [-0.05, 0) is 41.8 Å². The van der Waals surface area contributed by atoms with Crippen LogP contribution in [0.5, 0.6) is 0 Å². The topological polar surface area (TPSA) is 46.2 Å². The van der Waals surface area contributed by atoms with Crippen LogP contribution in [-0.4, -0.2) is 36.3 Å². The van der Waals surface area contributed by atoms with Crippen LogP contribution in [-0.2, 0) is 4.79 Å². The zero-order chi connectivity index (χ0) is 31.5. The first-order valence-electron chi connectivity index (χ1n) is 11.3. The molecule has 1 amide bonds. The van der Waals surface area contributed by atoms with E-state index in [0.717, 1.165) is 36.5 Å². The Bertz CT molecular complexity index is 1270. The molecule has 0 heterocycles. The second-order valence-corrected chi connectivity index (χ2v) is 10.4. The summed E-state index contributed by atoms with van der Waals surface area (Å²) in [5, 5.41) is 0.223. The predicted octanol–water partition coefficient (Wildman–Crippen LogP) is 9.87. The van der Waals surface area contributed by atoms with E-state index in [1.807, 2.05) is 0 Å². The van der Waals surface area contributed by atoms with Crippen LogP contribution in [0.4, 0.5) is 39.5 Å². The minimum Gasteiger partial charge on any atom is -0.337 e. The largest absolute Gasteiger partial charge is 0.417 e. The van der Waals surface area contributed by atoms with Crippen LogP contribution in [0.15, 0.2) is 36.4 Å². The average molecular weight is 677 g/mol. The number of alkyl halides is 9. The van der Waals surface area contributed by atoms with Crippen LogP contribution in [0.25, 0.3) is 6.08 Å². The molecule has 2 atom stereocenters. The summed E-state index contributed by atoms with van der Waals surface area (Å²) < 4.78 is 117. The first-order chi connectivity index (χ1) is 18.6. The summed E-state index contributed by atoms with van der Waals surface area (Å²) in [6.45, 7) is 1.04. The Morgan fingerprint density at radius 3 is 1.83 bits per heavy atom. The summed E-state index contributed by atoms with van der Waals surface area (Å²) in [6, 6.07) is 1.58. The molecule has 0 fully saturated rings. The van der Waals surface area contributed by atoms with Crippen molar-refractivity contribution in [3.8, 4) is 0 Å². The third-order valence-corrected chi connectivity index (χ3v) is 7.20. The Hall–Kier alpha value is -2.15. The summed E-state index contributed by atoms with van der Waals surface area (Å²) in [6.07, 6.45) is -15.3. The average Bonchev–Trinajstić information content (AvgIpc) is 2.81. The first kappa shape index (κ1) is 35.0. The Balaban J connectivity index is 2.14. The van der Waals surface area contributed by atoms with Gasteiger partial charge < -0.3 is 5.32 Å². The molecule has 226 valence electrons. The van der Waals surface area contributed by atoms with Gasteiger partial charge in [0.05, 0.1) is 26.0 Å². The molecule has 0 aliphatic heterocycles. The summed E-state index contributed by atoms with van der Waals surface area (Å²) in [5.41, 5.74) is -0.255. The minimum absolute atomic E-state index is 0.115. The van der Waals surface area contributed by atoms with Gasteiger partial charge in [-0.1, -0.05) is 71.5 Å². The number of benzene rings is 2. The highest BCUT2D eigenvalue weighted by Gasteiger charge is 2.57. The number of nitrogens with one attached hydrogen (secondary N) is 1. The molecular weight excluding hydrogens is 659 g/mol. The summed E-state index contributed by atoms with van der Waals surface area (Å²) in [4.78, 5) is 24.4. The van der Waals surface area contributed by atoms with E-state index in [0.29, 0.717) is 0 Å². The molecule has 0 saturated carbocycles. The number of hydrogen-bond donors (Lipinski definition) is 1. The maximum atomic E-state index is 13.7. The van der Waals surface area contributed by atoms with Gasteiger partial charge in [-0.2, -0.15) is 39.5 Å². The number of carbonyl (C=O) groups excluding carboxylic acids is 2. The number of allylic oxidation sites excluding steroid dienone is 1. The van der Waals surface area contributed by atoms with Crippen molar-refractivity contribution in [1.82, 2.24) is 5.32 Å². The molecule has 2 unspecified atom stereocenters. The van der Waals surface area contributed by atoms with Crippen molar-refractivity contribution in [3.63, 3.8) is 0 Å². The predicted molar refractivity (Wildman–Crippen MR) is 138 cm³/mol. The van der Waals surface area contributed by atoms with Crippen LogP contribution in [0.2, 0.25) is 20.1 Å². The van der Waals surface area contributed by atoms with E-state index in [1.165, 1.54) is 18.2 Å². The van der Waals surface area contributed by atoms with Crippen LogP contribution in [0, 0.1) is 5.92 Å². The Morgan fingerprint density at radius 1 is 0.829 bits per heavy atom. The summed E-state index contributed by atoms with van der Waals surface area (Å²) >= 11 is 23.6. The second kappa shape index (κ2) is 13.4. The lowest BCUT2D eigenvalue weighted by atomic mass is 9.96. The SMILES string of the molecule is CC(CCC(=O)c1ccc(/C=C/C(c2cc(Cl)c(Cl)c(Cl)c2)C(F)(F)F)cc1Cl)C(=O)NC(C(F)(F)F)C(F)(F)F. The molecule has 2 aromatic carbocycles. The van der Waals surface area contributed by atoms with Crippen molar-refractivity contribution in [1.29, 1.82) is 0 Å². The fourth-order valence-corrected chi connectivity index (χ4v) is 4.39. The summed E-state index contributed by atoms with van der Waals surface area (Å²) in [7, 11) is 0. The molecule has 0 saturated heterocycles.